The molecule has 1 amide bonds. The summed E-state index contributed by atoms with van der Waals surface area (Å²) >= 11 is 11.9. The molecule has 2 N–H and O–H groups in total. The summed E-state index contributed by atoms with van der Waals surface area (Å²) < 4.78 is 13.6. The van der Waals surface area contributed by atoms with E-state index in [1.54, 1.807) is 36.4 Å². The Bertz CT molecular complexity index is 679. The van der Waals surface area contributed by atoms with Crippen LogP contribution in [0.3, 0.4) is 0 Å². The molecule has 0 spiro atoms. The molecular weight excluding hydrogens is 326 g/mol. The van der Waals surface area contributed by atoms with Gasteiger partial charge < -0.3 is 10.2 Å². The Morgan fingerprint density at radius 1 is 1.23 bits per heavy atom. The number of hydrogen-bond acceptors (Lipinski definition) is 1. The van der Waals surface area contributed by atoms with E-state index in [2.05, 4.69) is 5.32 Å². The molecule has 6 heteroatoms. The topological polar surface area (TPSA) is 33.5 Å². The smallest absolute Gasteiger partial charge is 0.279 e. The van der Waals surface area contributed by atoms with Crippen LogP contribution in [0.5, 0.6) is 0 Å². The van der Waals surface area contributed by atoms with Crippen LogP contribution >= 0.6 is 23.2 Å². The van der Waals surface area contributed by atoms with E-state index < -0.39 is 0 Å². The van der Waals surface area contributed by atoms with Gasteiger partial charge in [-0.2, -0.15) is 0 Å². The molecular formula is C16H16Cl2FN2O+. The summed E-state index contributed by atoms with van der Waals surface area (Å²) in [6.07, 6.45) is 0. The van der Waals surface area contributed by atoms with Crippen molar-refractivity contribution in [3.8, 4) is 0 Å². The van der Waals surface area contributed by atoms with Crippen LogP contribution < -0.4 is 10.2 Å². The monoisotopic (exact) mass is 341 g/mol. The summed E-state index contributed by atoms with van der Waals surface area (Å²) in [7, 11) is 1.82. The van der Waals surface area contributed by atoms with E-state index in [1.165, 1.54) is 6.07 Å². The molecule has 0 aromatic heterocycles. The van der Waals surface area contributed by atoms with Gasteiger partial charge in [0.05, 0.1) is 17.8 Å². The van der Waals surface area contributed by atoms with Gasteiger partial charge in [0.25, 0.3) is 5.91 Å². The Labute approximate surface area is 138 Å². The lowest BCUT2D eigenvalue weighted by Gasteiger charge is -2.15. The minimum absolute atomic E-state index is 0.192. The van der Waals surface area contributed by atoms with Gasteiger partial charge in [-0.25, -0.2) is 4.39 Å². The molecule has 0 aliphatic carbocycles. The zero-order valence-corrected chi connectivity index (χ0v) is 13.5. The molecule has 0 radical (unpaired) electrons. The van der Waals surface area contributed by atoms with Crippen LogP contribution in [0.15, 0.2) is 42.5 Å². The Morgan fingerprint density at radius 3 is 2.68 bits per heavy atom. The number of amides is 1. The fourth-order valence-corrected chi connectivity index (χ4v) is 2.43. The molecule has 1 unspecified atom stereocenters. The average molecular weight is 342 g/mol. The van der Waals surface area contributed by atoms with E-state index in [-0.39, 0.29) is 18.3 Å². The molecule has 3 nitrogen and oxygen atoms in total. The van der Waals surface area contributed by atoms with Crippen LogP contribution in [0.1, 0.15) is 5.56 Å². The van der Waals surface area contributed by atoms with E-state index in [9.17, 15) is 9.18 Å². The SMILES string of the molecule is C[NH+](CC(=O)Nc1cc(Cl)ccc1Cl)Cc1ccccc1F. The predicted octanol–water partition coefficient (Wildman–Crippen LogP) is 2.79. The third kappa shape index (κ3) is 4.70. The molecule has 0 heterocycles. The van der Waals surface area contributed by atoms with Crippen LogP contribution in [0.2, 0.25) is 10.0 Å². The number of hydrogen-bond donors (Lipinski definition) is 2. The standard InChI is InChI=1S/C16H15Cl2FN2O/c1-21(9-11-4-2-3-5-14(11)19)10-16(22)20-15-8-12(17)6-7-13(15)18/h2-8H,9-10H2,1H3,(H,20,22)/p+1. The number of likely N-dealkylation sites (N-methyl/N-ethyl adjacent to an activating group) is 1. The highest BCUT2D eigenvalue weighted by Gasteiger charge is 2.14. The molecule has 1 atom stereocenters. The maximum Gasteiger partial charge on any atom is 0.279 e. The van der Waals surface area contributed by atoms with Gasteiger partial charge in [-0.05, 0) is 24.3 Å². The maximum atomic E-state index is 13.6. The number of carbonyl (C=O) groups excluding carboxylic acids is 1. The van der Waals surface area contributed by atoms with Gasteiger partial charge in [-0.3, -0.25) is 4.79 Å². The van der Waals surface area contributed by atoms with Gasteiger partial charge in [0.2, 0.25) is 0 Å². The Hall–Kier alpha value is -1.62. The lowest BCUT2D eigenvalue weighted by atomic mass is 10.2. The Balaban J connectivity index is 1.94. The summed E-state index contributed by atoms with van der Waals surface area (Å²) in [6.45, 7) is 0.612. The van der Waals surface area contributed by atoms with E-state index in [1.807, 2.05) is 7.05 Å². The molecule has 2 aromatic carbocycles. The first-order valence-corrected chi connectivity index (χ1v) is 7.51. The predicted molar refractivity (Wildman–Crippen MR) is 86.9 cm³/mol. The number of halogens is 3. The summed E-state index contributed by atoms with van der Waals surface area (Å²) in [4.78, 5) is 12.9. The normalized spacial score (nSPS) is 12.0. The van der Waals surface area contributed by atoms with Crippen LogP contribution in [-0.4, -0.2) is 19.5 Å². The number of rotatable bonds is 5. The van der Waals surface area contributed by atoms with E-state index in [4.69, 9.17) is 23.2 Å². The first-order chi connectivity index (χ1) is 10.5. The van der Waals surface area contributed by atoms with Gasteiger partial charge >= 0.3 is 0 Å². The molecule has 0 aliphatic rings. The fraction of sp³-hybridized carbons (Fsp3) is 0.188. The fourth-order valence-electron chi connectivity index (χ4n) is 2.09. The van der Waals surface area contributed by atoms with Gasteiger partial charge in [0, 0.05) is 10.6 Å². The molecule has 0 saturated heterocycles. The zero-order valence-electron chi connectivity index (χ0n) is 12.0. The van der Waals surface area contributed by atoms with E-state index >= 15 is 0 Å². The van der Waals surface area contributed by atoms with Crippen LogP contribution in [0.25, 0.3) is 0 Å². The summed E-state index contributed by atoms with van der Waals surface area (Å²) in [5.41, 5.74) is 1.05. The third-order valence-corrected chi connectivity index (χ3v) is 3.68. The lowest BCUT2D eigenvalue weighted by molar-refractivity contribution is -0.885. The van der Waals surface area contributed by atoms with Crippen LogP contribution in [0.4, 0.5) is 10.1 Å². The van der Waals surface area contributed by atoms with Crippen molar-refractivity contribution in [2.45, 2.75) is 6.54 Å². The average Bonchev–Trinajstić information content (AvgIpc) is 2.45. The number of nitrogens with one attached hydrogen (secondary N) is 2. The number of benzene rings is 2. The second-order valence-corrected chi connectivity index (χ2v) is 5.92. The van der Waals surface area contributed by atoms with Crippen LogP contribution in [0, 0.1) is 5.82 Å². The van der Waals surface area contributed by atoms with Gasteiger partial charge in [0.15, 0.2) is 6.54 Å². The highest BCUT2D eigenvalue weighted by atomic mass is 35.5. The number of carbonyl (C=O) groups is 1. The molecule has 0 aliphatic heterocycles. The van der Waals surface area contributed by atoms with Crippen LogP contribution in [-0.2, 0) is 11.3 Å². The molecule has 2 aromatic rings. The van der Waals surface area contributed by atoms with E-state index in [0.29, 0.717) is 27.8 Å². The number of quaternary nitrogens is 1. The van der Waals surface area contributed by atoms with Gasteiger partial charge in [0.1, 0.15) is 12.4 Å². The summed E-state index contributed by atoms with van der Waals surface area (Å²) in [5, 5.41) is 3.63. The van der Waals surface area contributed by atoms with Gasteiger partial charge in [-0.15, -0.1) is 0 Å². The van der Waals surface area contributed by atoms with Crippen molar-refractivity contribution in [3.63, 3.8) is 0 Å². The van der Waals surface area contributed by atoms with Gasteiger partial charge in [-0.1, -0.05) is 41.4 Å². The first kappa shape index (κ1) is 16.7. The van der Waals surface area contributed by atoms with Crippen molar-refractivity contribution in [3.05, 3.63) is 63.9 Å². The minimum atomic E-state index is -0.264. The highest BCUT2D eigenvalue weighted by Crippen LogP contribution is 2.25. The van der Waals surface area contributed by atoms with Crippen molar-refractivity contribution < 1.29 is 14.1 Å². The largest absolute Gasteiger partial charge is 0.326 e. The Kier molecular flexibility index (Phi) is 5.77. The highest BCUT2D eigenvalue weighted by molar-refractivity contribution is 6.35. The third-order valence-electron chi connectivity index (χ3n) is 3.11. The van der Waals surface area contributed by atoms with Crippen molar-refractivity contribution >= 4 is 34.8 Å². The van der Waals surface area contributed by atoms with E-state index in [0.717, 1.165) is 4.90 Å². The molecule has 0 saturated carbocycles. The molecule has 22 heavy (non-hydrogen) atoms. The van der Waals surface area contributed by atoms with Crippen molar-refractivity contribution in [1.82, 2.24) is 0 Å². The molecule has 2 rings (SSSR count). The summed E-state index contributed by atoms with van der Waals surface area (Å²) in [6, 6.07) is 11.4. The summed E-state index contributed by atoms with van der Waals surface area (Å²) in [5.74, 6) is -0.474. The quantitative estimate of drug-likeness (QED) is 0.861. The number of anilines is 1. The molecule has 0 fully saturated rings. The second kappa shape index (κ2) is 7.58. The Morgan fingerprint density at radius 2 is 1.95 bits per heavy atom. The second-order valence-electron chi connectivity index (χ2n) is 5.07. The maximum absolute atomic E-state index is 13.6. The van der Waals surface area contributed by atoms with Crippen molar-refractivity contribution in [2.24, 2.45) is 0 Å². The lowest BCUT2D eigenvalue weighted by Crippen LogP contribution is -3.08. The minimum Gasteiger partial charge on any atom is -0.326 e. The first-order valence-electron chi connectivity index (χ1n) is 6.75. The molecule has 0 bridgehead atoms. The van der Waals surface area contributed by atoms with Crippen molar-refractivity contribution in [2.75, 3.05) is 18.9 Å². The zero-order chi connectivity index (χ0) is 16.1. The molecule has 116 valence electrons. The van der Waals surface area contributed by atoms with Crippen molar-refractivity contribution in [1.29, 1.82) is 0 Å².